The molecule has 1 fully saturated rings. The van der Waals surface area contributed by atoms with Gasteiger partial charge in [0.15, 0.2) is 0 Å². The fourth-order valence-corrected chi connectivity index (χ4v) is 4.87. The molecule has 0 radical (unpaired) electrons. The highest BCUT2D eigenvalue weighted by molar-refractivity contribution is 7.18. The molecule has 1 amide bonds. The van der Waals surface area contributed by atoms with Gasteiger partial charge in [-0.2, -0.15) is 0 Å². The molecule has 1 aliphatic rings. The van der Waals surface area contributed by atoms with Crippen molar-refractivity contribution in [1.29, 1.82) is 0 Å². The number of likely N-dealkylation sites (tertiary alicyclic amines) is 1. The first-order valence-corrected chi connectivity index (χ1v) is 10.5. The number of para-hydroxylation sites is 1. The number of nitrogens with zero attached hydrogens (tertiary/aromatic N) is 4. The Morgan fingerprint density at radius 2 is 2.00 bits per heavy atom. The van der Waals surface area contributed by atoms with Gasteiger partial charge < -0.3 is 9.47 Å². The second kappa shape index (κ2) is 7.64. The number of fused-ring (bicyclic) bond motifs is 1. The summed E-state index contributed by atoms with van der Waals surface area (Å²) in [6, 6.07) is 16.3. The van der Waals surface area contributed by atoms with Crippen LogP contribution in [0.25, 0.3) is 22.0 Å². The number of imidazole rings is 1. The molecule has 5 nitrogen and oxygen atoms in total. The highest BCUT2D eigenvalue weighted by Gasteiger charge is 2.31. The molecule has 5 rings (SSSR count). The highest BCUT2D eigenvalue weighted by atomic mass is 32.1. The van der Waals surface area contributed by atoms with E-state index in [1.807, 2.05) is 64.2 Å². The number of amides is 1. The molecule has 0 spiro atoms. The van der Waals surface area contributed by atoms with Gasteiger partial charge in [-0.25, -0.2) is 9.97 Å². The Labute approximate surface area is 173 Å². The zero-order chi connectivity index (χ0) is 19.6. The van der Waals surface area contributed by atoms with Crippen molar-refractivity contribution in [3.63, 3.8) is 0 Å². The van der Waals surface area contributed by atoms with Crippen LogP contribution < -0.4 is 0 Å². The lowest BCUT2D eigenvalue weighted by Crippen LogP contribution is -2.28. The van der Waals surface area contributed by atoms with E-state index in [-0.39, 0.29) is 11.9 Å². The van der Waals surface area contributed by atoms with Crippen LogP contribution in [0.4, 0.5) is 0 Å². The molecule has 1 saturated heterocycles. The summed E-state index contributed by atoms with van der Waals surface area (Å²) in [4.78, 5) is 23.7. The van der Waals surface area contributed by atoms with Crippen molar-refractivity contribution in [2.45, 2.75) is 18.9 Å². The number of rotatable bonds is 4. The summed E-state index contributed by atoms with van der Waals surface area (Å²) < 4.78 is 3.13. The van der Waals surface area contributed by atoms with E-state index in [2.05, 4.69) is 11.1 Å². The Morgan fingerprint density at radius 3 is 2.79 bits per heavy atom. The van der Waals surface area contributed by atoms with E-state index in [0.29, 0.717) is 0 Å². The minimum absolute atomic E-state index is 0.0467. The van der Waals surface area contributed by atoms with Crippen molar-refractivity contribution in [2.24, 2.45) is 0 Å². The Kier molecular flexibility index (Phi) is 4.69. The van der Waals surface area contributed by atoms with Crippen molar-refractivity contribution in [3.05, 3.63) is 83.9 Å². The standard InChI is InChI=1S/C23H20N4OS/c28-22(12-9-17-7-10-18(11-8-17)26-15-13-24-16-26)27-14-3-5-20(27)23-25-19-4-1-2-6-21(19)29-23/h1-2,4,6-13,15-16,20H,3,5,14H2/b12-9+/t20-/m0/s1. The average molecular weight is 401 g/mol. The maximum absolute atomic E-state index is 12.9. The monoisotopic (exact) mass is 400 g/mol. The fraction of sp³-hybridized carbons (Fsp3) is 0.174. The van der Waals surface area contributed by atoms with E-state index in [0.717, 1.165) is 41.2 Å². The van der Waals surface area contributed by atoms with Crippen LogP contribution in [0, 0.1) is 0 Å². The van der Waals surface area contributed by atoms with Crippen LogP contribution in [-0.2, 0) is 4.79 Å². The topological polar surface area (TPSA) is 51.0 Å². The number of hydrogen-bond donors (Lipinski definition) is 0. The van der Waals surface area contributed by atoms with Gasteiger partial charge in [0.25, 0.3) is 0 Å². The molecule has 0 saturated carbocycles. The van der Waals surface area contributed by atoms with Crippen molar-refractivity contribution in [1.82, 2.24) is 19.4 Å². The highest BCUT2D eigenvalue weighted by Crippen LogP contribution is 2.36. The number of thiazole rings is 1. The first kappa shape index (κ1) is 17.8. The molecular weight excluding hydrogens is 380 g/mol. The summed E-state index contributed by atoms with van der Waals surface area (Å²) in [5.74, 6) is 0.0467. The van der Waals surface area contributed by atoms with E-state index in [4.69, 9.17) is 4.98 Å². The molecule has 0 unspecified atom stereocenters. The van der Waals surface area contributed by atoms with E-state index in [1.54, 1.807) is 29.9 Å². The van der Waals surface area contributed by atoms with Crippen LogP contribution in [0.15, 0.2) is 73.3 Å². The molecule has 29 heavy (non-hydrogen) atoms. The molecule has 0 aliphatic carbocycles. The number of hydrogen-bond acceptors (Lipinski definition) is 4. The zero-order valence-electron chi connectivity index (χ0n) is 15.8. The maximum Gasteiger partial charge on any atom is 0.247 e. The second-order valence-electron chi connectivity index (χ2n) is 7.10. The molecule has 1 aliphatic heterocycles. The van der Waals surface area contributed by atoms with Gasteiger partial charge in [-0.05, 0) is 48.7 Å². The number of benzene rings is 2. The number of aromatic nitrogens is 3. The molecule has 144 valence electrons. The van der Waals surface area contributed by atoms with Crippen molar-refractivity contribution in [3.8, 4) is 5.69 Å². The van der Waals surface area contributed by atoms with Gasteiger partial charge in [-0.15, -0.1) is 11.3 Å². The third kappa shape index (κ3) is 3.59. The van der Waals surface area contributed by atoms with Gasteiger partial charge >= 0.3 is 0 Å². The SMILES string of the molecule is O=C(/C=C/c1ccc(-n2ccnc2)cc1)N1CCC[C@H]1c1nc2ccccc2s1. The molecule has 0 N–H and O–H groups in total. The normalized spacial score (nSPS) is 16.8. The lowest BCUT2D eigenvalue weighted by Gasteiger charge is -2.21. The van der Waals surface area contributed by atoms with E-state index >= 15 is 0 Å². The predicted octanol–water partition coefficient (Wildman–Crippen LogP) is 4.86. The fourth-order valence-electron chi connectivity index (χ4n) is 3.75. The smallest absolute Gasteiger partial charge is 0.247 e. The molecular formula is C23H20N4OS. The summed E-state index contributed by atoms with van der Waals surface area (Å²) in [6.45, 7) is 0.781. The number of carbonyl (C=O) groups excluding carboxylic acids is 1. The van der Waals surface area contributed by atoms with Crippen LogP contribution in [0.5, 0.6) is 0 Å². The quantitative estimate of drug-likeness (QED) is 0.460. The molecule has 2 aromatic carbocycles. The Balaban J connectivity index is 1.31. The van der Waals surface area contributed by atoms with E-state index in [9.17, 15) is 4.79 Å². The van der Waals surface area contributed by atoms with Gasteiger partial charge in [-0.3, -0.25) is 4.79 Å². The molecule has 4 aromatic rings. The average Bonchev–Trinajstić information content (AvgIpc) is 3.52. The Morgan fingerprint density at radius 1 is 1.14 bits per heavy atom. The minimum atomic E-state index is 0.0467. The summed E-state index contributed by atoms with van der Waals surface area (Å²) in [5, 5.41) is 1.04. The van der Waals surface area contributed by atoms with Gasteiger partial charge in [0.1, 0.15) is 5.01 Å². The van der Waals surface area contributed by atoms with Crippen LogP contribution in [0.2, 0.25) is 0 Å². The Hall–Kier alpha value is -3.25. The lowest BCUT2D eigenvalue weighted by molar-refractivity contribution is -0.126. The summed E-state index contributed by atoms with van der Waals surface area (Å²) in [7, 11) is 0. The van der Waals surface area contributed by atoms with Crippen LogP contribution in [0.3, 0.4) is 0 Å². The van der Waals surface area contributed by atoms with Gasteiger partial charge in [0.05, 0.1) is 22.6 Å². The van der Waals surface area contributed by atoms with E-state index < -0.39 is 0 Å². The first-order valence-electron chi connectivity index (χ1n) is 9.70. The minimum Gasteiger partial charge on any atom is -0.330 e. The summed E-state index contributed by atoms with van der Waals surface area (Å²) in [6.07, 6.45) is 11.0. The van der Waals surface area contributed by atoms with Crippen LogP contribution in [0.1, 0.15) is 29.5 Å². The number of carbonyl (C=O) groups is 1. The second-order valence-corrected chi connectivity index (χ2v) is 8.17. The van der Waals surface area contributed by atoms with Gasteiger partial charge in [-0.1, -0.05) is 24.3 Å². The van der Waals surface area contributed by atoms with Crippen molar-refractivity contribution >= 4 is 33.5 Å². The zero-order valence-corrected chi connectivity index (χ0v) is 16.6. The molecule has 0 bridgehead atoms. The Bertz CT molecular complexity index is 1130. The summed E-state index contributed by atoms with van der Waals surface area (Å²) in [5.41, 5.74) is 3.06. The third-order valence-corrected chi connectivity index (χ3v) is 6.38. The van der Waals surface area contributed by atoms with Gasteiger partial charge in [0.2, 0.25) is 5.91 Å². The van der Waals surface area contributed by atoms with E-state index in [1.165, 1.54) is 4.70 Å². The lowest BCUT2D eigenvalue weighted by atomic mass is 10.2. The van der Waals surface area contributed by atoms with Gasteiger partial charge in [0, 0.05) is 30.7 Å². The van der Waals surface area contributed by atoms with Crippen LogP contribution in [-0.4, -0.2) is 31.9 Å². The molecule has 6 heteroatoms. The summed E-state index contributed by atoms with van der Waals surface area (Å²) >= 11 is 1.69. The molecule has 3 heterocycles. The third-order valence-electron chi connectivity index (χ3n) is 5.25. The predicted molar refractivity (Wildman–Crippen MR) is 116 cm³/mol. The molecule has 2 aromatic heterocycles. The molecule has 1 atom stereocenters. The van der Waals surface area contributed by atoms with Crippen molar-refractivity contribution in [2.75, 3.05) is 6.54 Å². The maximum atomic E-state index is 12.9. The largest absolute Gasteiger partial charge is 0.330 e. The first-order chi connectivity index (χ1) is 14.3. The van der Waals surface area contributed by atoms with Crippen molar-refractivity contribution < 1.29 is 4.79 Å². The van der Waals surface area contributed by atoms with Crippen LogP contribution >= 0.6 is 11.3 Å².